The second-order valence-corrected chi connectivity index (χ2v) is 6.04. The molecule has 0 bridgehead atoms. The molecule has 0 saturated carbocycles. The molecular formula is C20H24FNO4. The van der Waals surface area contributed by atoms with Crippen molar-refractivity contribution in [1.29, 1.82) is 0 Å². The van der Waals surface area contributed by atoms with E-state index in [0.717, 1.165) is 5.56 Å². The SMILES string of the molecule is CCOC(=O)c1ccc(OC[C@@H](O)CN(C)Cc2cccc(F)c2)cc1. The molecule has 0 amide bonds. The van der Waals surface area contributed by atoms with Crippen LogP contribution < -0.4 is 4.74 Å². The van der Waals surface area contributed by atoms with Crippen LogP contribution in [-0.4, -0.2) is 48.9 Å². The molecule has 0 aliphatic heterocycles. The van der Waals surface area contributed by atoms with Crippen molar-refractivity contribution in [2.24, 2.45) is 0 Å². The first-order valence-electron chi connectivity index (χ1n) is 8.49. The van der Waals surface area contributed by atoms with Gasteiger partial charge in [0.05, 0.1) is 12.2 Å². The van der Waals surface area contributed by atoms with Gasteiger partial charge in [-0.1, -0.05) is 12.1 Å². The maximum Gasteiger partial charge on any atom is 0.338 e. The van der Waals surface area contributed by atoms with Crippen LogP contribution in [0.1, 0.15) is 22.8 Å². The standard InChI is InChI=1S/C20H24FNO4/c1-3-25-20(24)16-7-9-19(10-8-16)26-14-18(23)13-22(2)12-15-5-4-6-17(21)11-15/h4-11,18,23H,3,12-14H2,1-2H3/t18-/m0/s1. The molecule has 0 heterocycles. The third-order valence-corrected chi connectivity index (χ3v) is 3.67. The van der Waals surface area contributed by atoms with E-state index in [4.69, 9.17) is 9.47 Å². The molecule has 0 unspecified atom stereocenters. The quantitative estimate of drug-likeness (QED) is 0.696. The molecule has 2 rings (SSSR count). The number of rotatable bonds is 9. The van der Waals surface area contributed by atoms with Crippen LogP contribution in [0.15, 0.2) is 48.5 Å². The molecule has 0 saturated heterocycles. The first-order chi connectivity index (χ1) is 12.5. The predicted octanol–water partition coefficient (Wildman–Crippen LogP) is 2.87. The number of carbonyl (C=O) groups excluding carboxylic acids is 1. The third-order valence-electron chi connectivity index (χ3n) is 3.67. The normalized spacial score (nSPS) is 12.0. The molecule has 5 nitrogen and oxygen atoms in total. The summed E-state index contributed by atoms with van der Waals surface area (Å²) in [5.41, 5.74) is 1.30. The van der Waals surface area contributed by atoms with Gasteiger partial charge < -0.3 is 14.6 Å². The van der Waals surface area contributed by atoms with Crippen LogP contribution in [0.25, 0.3) is 0 Å². The minimum Gasteiger partial charge on any atom is -0.491 e. The van der Waals surface area contributed by atoms with Crippen LogP contribution in [0.2, 0.25) is 0 Å². The molecule has 0 radical (unpaired) electrons. The molecule has 1 atom stereocenters. The van der Waals surface area contributed by atoms with Gasteiger partial charge in [-0.15, -0.1) is 0 Å². The molecule has 0 fully saturated rings. The fourth-order valence-corrected chi connectivity index (χ4v) is 2.52. The average Bonchev–Trinajstić information content (AvgIpc) is 2.60. The molecule has 0 spiro atoms. The second-order valence-electron chi connectivity index (χ2n) is 6.04. The molecular weight excluding hydrogens is 337 g/mol. The van der Waals surface area contributed by atoms with E-state index in [-0.39, 0.29) is 18.4 Å². The summed E-state index contributed by atoms with van der Waals surface area (Å²) in [4.78, 5) is 13.5. The van der Waals surface area contributed by atoms with Crippen LogP contribution in [0.5, 0.6) is 5.75 Å². The van der Waals surface area contributed by atoms with E-state index in [1.54, 1.807) is 37.3 Å². The Hall–Kier alpha value is -2.44. The fourth-order valence-electron chi connectivity index (χ4n) is 2.52. The molecule has 2 aromatic rings. The highest BCUT2D eigenvalue weighted by Gasteiger charge is 2.11. The van der Waals surface area contributed by atoms with Crippen LogP contribution >= 0.6 is 0 Å². The van der Waals surface area contributed by atoms with Crippen molar-refractivity contribution in [1.82, 2.24) is 4.90 Å². The average molecular weight is 361 g/mol. The summed E-state index contributed by atoms with van der Waals surface area (Å²) in [6.07, 6.45) is -0.696. The number of aliphatic hydroxyl groups is 1. The van der Waals surface area contributed by atoms with Crippen molar-refractivity contribution in [2.45, 2.75) is 19.6 Å². The van der Waals surface area contributed by atoms with Gasteiger partial charge in [0.25, 0.3) is 0 Å². The van der Waals surface area contributed by atoms with Gasteiger partial charge in [-0.2, -0.15) is 0 Å². The second kappa shape index (κ2) is 9.89. The van der Waals surface area contributed by atoms with Gasteiger partial charge in [0.15, 0.2) is 0 Å². The maximum atomic E-state index is 13.2. The van der Waals surface area contributed by atoms with Gasteiger partial charge in [-0.25, -0.2) is 9.18 Å². The zero-order valence-corrected chi connectivity index (χ0v) is 15.0. The monoisotopic (exact) mass is 361 g/mol. The van der Waals surface area contributed by atoms with E-state index in [0.29, 0.717) is 31.0 Å². The molecule has 2 aromatic carbocycles. The van der Waals surface area contributed by atoms with Crippen molar-refractivity contribution in [3.8, 4) is 5.75 Å². The predicted molar refractivity (Wildman–Crippen MR) is 96.6 cm³/mol. The van der Waals surface area contributed by atoms with Crippen molar-refractivity contribution < 1.29 is 23.8 Å². The number of ether oxygens (including phenoxy) is 2. The number of hydrogen-bond donors (Lipinski definition) is 1. The molecule has 1 N–H and O–H groups in total. The van der Waals surface area contributed by atoms with E-state index in [2.05, 4.69) is 0 Å². The Labute approximate surface area is 153 Å². The minimum atomic E-state index is -0.696. The zero-order valence-electron chi connectivity index (χ0n) is 15.0. The summed E-state index contributed by atoms with van der Waals surface area (Å²) in [7, 11) is 1.85. The first kappa shape index (κ1) is 19.9. The maximum absolute atomic E-state index is 13.2. The largest absolute Gasteiger partial charge is 0.491 e. The number of carbonyl (C=O) groups is 1. The molecule has 26 heavy (non-hydrogen) atoms. The van der Waals surface area contributed by atoms with Gasteiger partial charge in [0, 0.05) is 13.1 Å². The van der Waals surface area contributed by atoms with Crippen LogP contribution in [-0.2, 0) is 11.3 Å². The minimum absolute atomic E-state index is 0.117. The van der Waals surface area contributed by atoms with E-state index in [1.807, 2.05) is 18.0 Å². The molecule has 6 heteroatoms. The lowest BCUT2D eigenvalue weighted by molar-refractivity contribution is 0.0525. The Morgan fingerprint density at radius 1 is 1.23 bits per heavy atom. The highest BCUT2D eigenvalue weighted by Crippen LogP contribution is 2.14. The first-order valence-corrected chi connectivity index (χ1v) is 8.49. The zero-order chi connectivity index (χ0) is 18.9. The Kier molecular flexibility index (Phi) is 7.56. The Morgan fingerprint density at radius 3 is 2.62 bits per heavy atom. The molecule has 0 aromatic heterocycles. The van der Waals surface area contributed by atoms with Gasteiger partial charge in [0.2, 0.25) is 0 Å². The summed E-state index contributed by atoms with van der Waals surface area (Å²) in [6.45, 7) is 3.11. The summed E-state index contributed by atoms with van der Waals surface area (Å²) in [5, 5.41) is 10.1. The number of likely N-dealkylation sites (N-methyl/N-ethyl adjacent to an activating group) is 1. The van der Waals surface area contributed by atoms with Crippen LogP contribution in [0.3, 0.4) is 0 Å². The van der Waals surface area contributed by atoms with Gasteiger partial charge in [-0.05, 0) is 55.9 Å². The van der Waals surface area contributed by atoms with Gasteiger partial charge >= 0.3 is 5.97 Å². The number of nitrogens with zero attached hydrogens (tertiary/aromatic N) is 1. The lowest BCUT2D eigenvalue weighted by Crippen LogP contribution is -2.32. The van der Waals surface area contributed by atoms with E-state index in [1.165, 1.54) is 12.1 Å². The van der Waals surface area contributed by atoms with E-state index < -0.39 is 6.10 Å². The highest BCUT2D eigenvalue weighted by atomic mass is 19.1. The summed E-state index contributed by atoms with van der Waals surface area (Å²) in [5.74, 6) is -0.0889. The lowest BCUT2D eigenvalue weighted by Gasteiger charge is -2.21. The van der Waals surface area contributed by atoms with Crippen molar-refractivity contribution in [3.05, 3.63) is 65.5 Å². The number of benzene rings is 2. The summed E-state index contributed by atoms with van der Waals surface area (Å²) in [6, 6.07) is 13.0. The molecule has 140 valence electrons. The topological polar surface area (TPSA) is 59.0 Å². The highest BCUT2D eigenvalue weighted by molar-refractivity contribution is 5.89. The Bertz CT molecular complexity index is 705. The van der Waals surface area contributed by atoms with Crippen molar-refractivity contribution >= 4 is 5.97 Å². The van der Waals surface area contributed by atoms with Gasteiger partial charge in [0.1, 0.15) is 24.3 Å². The van der Waals surface area contributed by atoms with Crippen molar-refractivity contribution in [3.63, 3.8) is 0 Å². The van der Waals surface area contributed by atoms with Gasteiger partial charge in [-0.3, -0.25) is 4.90 Å². The van der Waals surface area contributed by atoms with Crippen LogP contribution in [0, 0.1) is 5.82 Å². The Balaban J connectivity index is 1.77. The van der Waals surface area contributed by atoms with E-state index >= 15 is 0 Å². The lowest BCUT2D eigenvalue weighted by atomic mass is 10.2. The van der Waals surface area contributed by atoms with Crippen LogP contribution in [0.4, 0.5) is 4.39 Å². The Morgan fingerprint density at radius 2 is 1.96 bits per heavy atom. The summed E-state index contributed by atoms with van der Waals surface area (Å²) < 4.78 is 23.7. The fraction of sp³-hybridized carbons (Fsp3) is 0.350. The number of aliphatic hydroxyl groups excluding tert-OH is 1. The smallest absolute Gasteiger partial charge is 0.338 e. The van der Waals surface area contributed by atoms with E-state index in [9.17, 15) is 14.3 Å². The number of hydrogen-bond acceptors (Lipinski definition) is 5. The molecule has 0 aliphatic rings. The third kappa shape index (κ3) is 6.46. The molecule has 0 aliphatic carbocycles. The van der Waals surface area contributed by atoms with Crippen molar-refractivity contribution in [2.75, 3.05) is 26.8 Å². The summed E-state index contributed by atoms with van der Waals surface area (Å²) >= 11 is 0. The number of esters is 1. The number of halogens is 1.